The highest BCUT2D eigenvalue weighted by molar-refractivity contribution is 7.99. The largest absolute Gasteiger partial charge is 0.325 e. The molecule has 0 bridgehead atoms. The van der Waals surface area contributed by atoms with Crippen molar-refractivity contribution in [3.63, 3.8) is 0 Å². The molecule has 1 fully saturated rings. The third kappa shape index (κ3) is 4.19. The molecule has 5 nitrogen and oxygen atoms in total. The maximum atomic E-state index is 14.3. The molecule has 150 valence electrons. The van der Waals surface area contributed by atoms with Crippen LogP contribution in [0.3, 0.4) is 0 Å². The fraction of sp³-hybridized carbons (Fsp3) is 0.318. The summed E-state index contributed by atoms with van der Waals surface area (Å²) in [6.07, 6.45) is 2.03. The summed E-state index contributed by atoms with van der Waals surface area (Å²) in [4.78, 5) is 12.6. The molecular weight excluding hydrogens is 387 g/mol. The van der Waals surface area contributed by atoms with Gasteiger partial charge in [-0.3, -0.25) is 9.36 Å². The summed E-state index contributed by atoms with van der Waals surface area (Å²) in [6, 6.07) is 11.0. The average Bonchev–Trinajstić information content (AvgIpc) is 3.43. The van der Waals surface area contributed by atoms with E-state index in [4.69, 9.17) is 0 Å². The van der Waals surface area contributed by atoms with Gasteiger partial charge in [0.2, 0.25) is 5.91 Å². The van der Waals surface area contributed by atoms with E-state index in [-0.39, 0.29) is 23.5 Å². The van der Waals surface area contributed by atoms with Gasteiger partial charge in [-0.25, -0.2) is 4.39 Å². The van der Waals surface area contributed by atoms with E-state index in [0.717, 1.165) is 29.7 Å². The van der Waals surface area contributed by atoms with Crippen LogP contribution in [0.4, 0.5) is 10.1 Å². The number of thioether (sulfide) groups is 1. The van der Waals surface area contributed by atoms with Crippen molar-refractivity contribution in [2.24, 2.45) is 0 Å². The highest BCUT2D eigenvalue weighted by atomic mass is 32.2. The number of carbonyl (C=O) groups excluding carboxylic acids is 1. The number of nitrogens with zero attached hydrogens (tertiary/aromatic N) is 3. The van der Waals surface area contributed by atoms with Crippen molar-refractivity contribution in [3.05, 3.63) is 58.9 Å². The summed E-state index contributed by atoms with van der Waals surface area (Å²) < 4.78 is 16.2. The molecule has 0 unspecified atom stereocenters. The lowest BCUT2D eigenvalue weighted by molar-refractivity contribution is -0.113. The van der Waals surface area contributed by atoms with Gasteiger partial charge in [-0.15, -0.1) is 10.2 Å². The topological polar surface area (TPSA) is 59.8 Å². The Hall–Kier alpha value is -2.67. The molecule has 1 amide bonds. The number of hydrogen-bond acceptors (Lipinski definition) is 4. The molecule has 0 atom stereocenters. The van der Waals surface area contributed by atoms with Crippen molar-refractivity contribution >= 4 is 23.4 Å². The van der Waals surface area contributed by atoms with Crippen LogP contribution >= 0.6 is 11.8 Å². The number of aryl methyl sites for hydroxylation is 3. The highest BCUT2D eigenvalue weighted by Crippen LogP contribution is 2.41. The standard InChI is InChI=1S/C22H23FN4OS/c1-13-10-14(2)20(15(3)11-13)24-19(28)12-29-22-26-25-21(27(22)16-8-9-16)17-6-4-5-7-18(17)23/h4-7,10-11,16H,8-9,12H2,1-3H3,(H,24,28). The van der Waals surface area contributed by atoms with Gasteiger partial charge in [0, 0.05) is 11.7 Å². The van der Waals surface area contributed by atoms with Crippen molar-refractivity contribution in [3.8, 4) is 11.4 Å². The van der Waals surface area contributed by atoms with Gasteiger partial charge < -0.3 is 5.32 Å². The first kappa shape index (κ1) is 19.6. The third-order valence-electron chi connectivity index (χ3n) is 4.97. The summed E-state index contributed by atoms with van der Waals surface area (Å²) in [5, 5.41) is 12.1. The zero-order chi connectivity index (χ0) is 20.5. The minimum absolute atomic E-state index is 0.0946. The Labute approximate surface area is 173 Å². The first-order valence-corrected chi connectivity index (χ1v) is 10.6. The van der Waals surface area contributed by atoms with Crippen LogP contribution in [0, 0.1) is 26.6 Å². The molecule has 2 aromatic carbocycles. The summed E-state index contributed by atoms with van der Waals surface area (Å²) in [6.45, 7) is 6.03. The molecule has 7 heteroatoms. The predicted octanol–water partition coefficient (Wildman–Crippen LogP) is 5.08. The molecule has 29 heavy (non-hydrogen) atoms. The van der Waals surface area contributed by atoms with Gasteiger partial charge in [-0.2, -0.15) is 0 Å². The van der Waals surface area contributed by atoms with Gasteiger partial charge in [0.15, 0.2) is 11.0 Å². The number of rotatable bonds is 6. The number of hydrogen-bond donors (Lipinski definition) is 1. The van der Waals surface area contributed by atoms with Gasteiger partial charge in [0.05, 0.1) is 11.3 Å². The van der Waals surface area contributed by atoms with E-state index in [1.165, 1.54) is 23.4 Å². The van der Waals surface area contributed by atoms with E-state index in [1.54, 1.807) is 18.2 Å². The monoisotopic (exact) mass is 410 g/mol. The van der Waals surface area contributed by atoms with Gasteiger partial charge in [0.1, 0.15) is 5.82 Å². The number of anilines is 1. The quantitative estimate of drug-likeness (QED) is 0.576. The van der Waals surface area contributed by atoms with Crippen molar-refractivity contribution in [2.45, 2.75) is 44.8 Å². The summed E-state index contributed by atoms with van der Waals surface area (Å²) in [5.74, 6) is 0.331. The van der Waals surface area contributed by atoms with Crippen molar-refractivity contribution in [1.29, 1.82) is 0 Å². The summed E-state index contributed by atoms with van der Waals surface area (Å²) in [5.41, 5.74) is 4.56. The van der Waals surface area contributed by atoms with Crippen LogP contribution in [0.25, 0.3) is 11.4 Å². The molecular formula is C22H23FN4OS. The number of benzene rings is 2. The Morgan fingerprint density at radius 1 is 1.17 bits per heavy atom. The van der Waals surface area contributed by atoms with Crippen molar-refractivity contribution < 1.29 is 9.18 Å². The third-order valence-corrected chi connectivity index (χ3v) is 5.91. The lowest BCUT2D eigenvalue weighted by Gasteiger charge is -2.13. The van der Waals surface area contributed by atoms with Crippen molar-refractivity contribution in [2.75, 3.05) is 11.1 Å². The minimum atomic E-state index is -0.318. The minimum Gasteiger partial charge on any atom is -0.325 e. The number of halogens is 1. The number of amides is 1. The summed E-state index contributed by atoms with van der Waals surface area (Å²) in [7, 11) is 0. The van der Waals surface area contributed by atoms with Crippen LogP contribution in [0.15, 0.2) is 41.6 Å². The molecule has 1 saturated carbocycles. The highest BCUT2D eigenvalue weighted by Gasteiger charge is 2.31. The second-order valence-electron chi connectivity index (χ2n) is 7.50. The summed E-state index contributed by atoms with van der Waals surface area (Å²) >= 11 is 1.33. The van der Waals surface area contributed by atoms with Crippen LogP contribution in [0.1, 0.15) is 35.6 Å². The molecule has 0 radical (unpaired) electrons. The second-order valence-corrected chi connectivity index (χ2v) is 8.44. The first-order valence-electron chi connectivity index (χ1n) is 9.64. The fourth-order valence-corrected chi connectivity index (χ4v) is 4.35. The molecule has 1 heterocycles. The lowest BCUT2D eigenvalue weighted by atomic mass is 10.1. The van der Waals surface area contributed by atoms with E-state index in [0.29, 0.717) is 16.5 Å². The van der Waals surface area contributed by atoms with Crippen LogP contribution < -0.4 is 5.32 Å². The molecule has 3 aromatic rings. The van der Waals surface area contributed by atoms with Crippen LogP contribution in [-0.4, -0.2) is 26.4 Å². The molecule has 1 aliphatic rings. The van der Waals surface area contributed by atoms with Crippen LogP contribution in [-0.2, 0) is 4.79 Å². The van der Waals surface area contributed by atoms with Gasteiger partial charge in [-0.05, 0) is 56.9 Å². The number of nitrogens with one attached hydrogen (secondary N) is 1. The molecule has 0 spiro atoms. The maximum Gasteiger partial charge on any atom is 0.234 e. The normalized spacial score (nSPS) is 13.5. The second kappa shape index (κ2) is 7.99. The first-order chi connectivity index (χ1) is 13.9. The van der Waals surface area contributed by atoms with Crippen LogP contribution in [0.5, 0.6) is 0 Å². The van der Waals surface area contributed by atoms with Gasteiger partial charge >= 0.3 is 0 Å². The fourth-order valence-electron chi connectivity index (χ4n) is 3.55. The SMILES string of the molecule is Cc1cc(C)c(NC(=O)CSc2nnc(-c3ccccc3F)n2C2CC2)c(C)c1. The number of aromatic nitrogens is 3. The zero-order valence-corrected chi connectivity index (χ0v) is 17.5. The van der Waals surface area contributed by atoms with E-state index >= 15 is 0 Å². The molecule has 0 saturated heterocycles. The number of carbonyl (C=O) groups is 1. The zero-order valence-electron chi connectivity index (χ0n) is 16.7. The van der Waals surface area contributed by atoms with E-state index in [1.807, 2.05) is 25.3 Å². The van der Waals surface area contributed by atoms with Crippen molar-refractivity contribution in [1.82, 2.24) is 14.8 Å². The molecule has 0 aliphatic heterocycles. The van der Waals surface area contributed by atoms with E-state index in [9.17, 15) is 9.18 Å². The predicted molar refractivity (Wildman–Crippen MR) is 114 cm³/mol. The Morgan fingerprint density at radius 3 is 2.52 bits per heavy atom. The Balaban J connectivity index is 1.51. The van der Waals surface area contributed by atoms with E-state index < -0.39 is 0 Å². The van der Waals surface area contributed by atoms with Gasteiger partial charge in [0.25, 0.3) is 0 Å². The lowest BCUT2D eigenvalue weighted by Crippen LogP contribution is -2.16. The smallest absolute Gasteiger partial charge is 0.234 e. The molecule has 1 aromatic heterocycles. The van der Waals surface area contributed by atoms with Crippen LogP contribution in [0.2, 0.25) is 0 Å². The maximum absolute atomic E-state index is 14.3. The molecule has 4 rings (SSSR count). The molecule has 1 aliphatic carbocycles. The molecule has 1 N–H and O–H groups in total. The average molecular weight is 411 g/mol. The Kier molecular flexibility index (Phi) is 5.41. The van der Waals surface area contributed by atoms with E-state index in [2.05, 4.69) is 27.6 Å². The Bertz CT molecular complexity index is 1050. The van der Waals surface area contributed by atoms with Gasteiger partial charge in [-0.1, -0.05) is 41.6 Å². The Morgan fingerprint density at radius 2 is 1.86 bits per heavy atom.